The third-order valence-electron chi connectivity index (χ3n) is 15.6. The van der Waals surface area contributed by atoms with E-state index in [-0.39, 0.29) is 25.7 Å². The Hall–Kier alpha value is -1.94. The summed E-state index contributed by atoms with van der Waals surface area (Å²) < 4.78 is 68.2. The van der Waals surface area contributed by atoms with E-state index in [0.29, 0.717) is 31.6 Å². The molecule has 0 heterocycles. The van der Waals surface area contributed by atoms with E-state index in [0.717, 1.165) is 114 Å². The molecule has 0 aliphatic heterocycles. The lowest BCUT2D eigenvalue weighted by molar-refractivity contribution is -0.161. The van der Waals surface area contributed by atoms with Gasteiger partial charge in [-0.2, -0.15) is 0 Å². The lowest BCUT2D eigenvalue weighted by Crippen LogP contribution is -2.30. The number of aliphatic hydroxyl groups is 1. The molecule has 0 bridgehead atoms. The molecule has 19 heteroatoms. The first kappa shape index (κ1) is 85.1. The summed E-state index contributed by atoms with van der Waals surface area (Å²) in [6.07, 6.45) is 39.0. The Balaban J connectivity index is 5.26. The number of hydrogen-bond acceptors (Lipinski definition) is 15. The van der Waals surface area contributed by atoms with Gasteiger partial charge in [0.05, 0.1) is 26.4 Å². The van der Waals surface area contributed by atoms with E-state index in [1.165, 1.54) is 128 Å². The number of unbranched alkanes of at least 4 members (excludes halogenated alkanes) is 31. The second kappa shape index (κ2) is 57.9. The zero-order valence-corrected chi connectivity index (χ0v) is 58.4. The van der Waals surface area contributed by atoms with Crippen LogP contribution in [0.1, 0.15) is 331 Å². The van der Waals surface area contributed by atoms with Gasteiger partial charge in [-0.15, -0.1) is 0 Å². The molecule has 0 aromatic heterocycles. The van der Waals surface area contributed by atoms with Gasteiger partial charge in [-0.3, -0.25) is 37.3 Å². The number of ether oxygens (including phenoxy) is 4. The van der Waals surface area contributed by atoms with Crippen LogP contribution in [0.4, 0.5) is 0 Å². The molecule has 516 valence electrons. The average molecular weight is 1280 g/mol. The number of aliphatic hydroxyl groups excluding tert-OH is 1. The zero-order valence-electron chi connectivity index (χ0n) is 56.6. The van der Waals surface area contributed by atoms with Gasteiger partial charge in [0, 0.05) is 25.7 Å². The first-order chi connectivity index (χ1) is 41.6. The number of phosphoric acid groups is 2. The minimum Gasteiger partial charge on any atom is -0.462 e. The number of hydrogen-bond donors (Lipinski definition) is 3. The van der Waals surface area contributed by atoms with E-state index in [4.69, 9.17) is 37.0 Å². The highest BCUT2D eigenvalue weighted by Crippen LogP contribution is 2.45. The minimum atomic E-state index is -4.95. The van der Waals surface area contributed by atoms with Crippen molar-refractivity contribution in [2.24, 2.45) is 23.7 Å². The van der Waals surface area contributed by atoms with Gasteiger partial charge in [-0.1, -0.05) is 280 Å². The van der Waals surface area contributed by atoms with Gasteiger partial charge in [-0.05, 0) is 49.4 Å². The second-order valence-corrected chi connectivity index (χ2v) is 29.4. The van der Waals surface area contributed by atoms with Crippen molar-refractivity contribution in [3.8, 4) is 0 Å². The fourth-order valence-electron chi connectivity index (χ4n) is 10.1. The maximum atomic E-state index is 13.0. The molecule has 3 N–H and O–H groups in total. The zero-order chi connectivity index (χ0) is 64.7. The fourth-order valence-corrected chi connectivity index (χ4v) is 11.7. The molecule has 0 fully saturated rings. The van der Waals surface area contributed by atoms with E-state index in [9.17, 15) is 43.2 Å². The number of carbonyl (C=O) groups excluding carboxylic acids is 4. The van der Waals surface area contributed by atoms with E-state index in [1.807, 2.05) is 0 Å². The third-order valence-corrected chi connectivity index (χ3v) is 17.5. The minimum absolute atomic E-state index is 0.103. The molecule has 5 atom stereocenters. The van der Waals surface area contributed by atoms with Crippen LogP contribution in [0.3, 0.4) is 0 Å². The summed E-state index contributed by atoms with van der Waals surface area (Å²) in [6, 6.07) is 0. The largest absolute Gasteiger partial charge is 0.472 e. The monoisotopic (exact) mass is 1280 g/mol. The van der Waals surface area contributed by atoms with Gasteiger partial charge >= 0.3 is 39.5 Å². The second-order valence-electron chi connectivity index (χ2n) is 26.5. The summed E-state index contributed by atoms with van der Waals surface area (Å²) in [7, 11) is -9.90. The molecule has 3 unspecified atom stereocenters. The number of rotatable bonds is 65. The molecule has 0 aliphatic rings. The average Bonchev–Trinajstić information content (AvgIpc) is 3.46. The van der Waals surface area contributed by atoms with Gasteiger partial charge in [0.15, 0.2) is 12.2 Å². The Morgan fingerprint density at radius 1 is 0.287 bits per heavy atom. The Morgan fingerprint density at radius 3 is 0.713 bits per heavy atom. The van der Waals surface area contributed by atoms with E-state index in [1.54, 1.807) is 0 Å². The van der Waals surface area contributed by atoms with Crippen LogP contribution in [0.15, 0.2) is 0 Å². The predicted octanol–water partition coefficient (Wildman–Crippen LogP) is 18.9. The van der Waals surface area contributed by atoms with E-state index >= 15 is 0 Å². The molecular weight excluding hydrogens is 1150 g/mol. The molecular formula is C68H132O17P2. The Morgan fingerprint density at radius 2 is 0.483 bits per heavy atom. The van der Waals surface area contributed by atoms with Crippen molar-refractivity contribution >= 4 is 39.5 Å². The fraction of sp³-hybridized carbons (Fsp3) is 0.941. The maximum absolute atomic E-state index is 13.0. The topological polar surface area (TPSA) is 237 Å². The predicted molar refractivity (Wildman–Crippen MR) is 349 cm³/mol. The molecule has 0 aromatic carbocycles. The van der Waals surface area contributed by atoms with Crippen molar-refractivity contribution in [2.45, 2.75) is 350 Å². The molecule has 0 aromatic rings. The lowest BCUT2D eigenvalue weighted by Gasteiger charge is -2.21. The summed E-state index contributed by atoms with van der Waals surface area (Å²) in [5.41, 5.74) is 0. The molecule has 17 nitrogen and oxygen atoms in total. The number of carbonyl (C=O) groups is 4. The Kier molecular flexibility index (Phi) is 56.6. The molecule has 87 heavy (non-hydrogen) atoms. The Labute approximate surface area is 530 Å². The highest BCUT2D eigenvalue weighted by atomic mass is 31.2. The molecule has 0 radical (unpaired) electrons. The van der Waals surface area contributed by atoms with Crippen LogP contribution in [-0.2, 0) is 65.4 Å². The van der Waals surface area contributed by atoms with Crippen LogP contribution in [0.25, 0.3) is 0 Å². The SMILES string of the molecule is CC(C)CCCCCCCCCCCCC(=O)OC[C@H](COP(=O)(O)OCC(O)COP(=O)(O)OC[C@@H](COC(=O)CCCCCCCCCC(C)C)OC(=O)CCCCCCCCCCC(C)C)OC(=O)CCCCCCCCCCCCC(C)C. The van der Waals surface area contributed by atoms with Gasteiger partial charge < -0.3 is 33.8 Å². The summed E-state index contributed by atoms with van der Waals surface area (Å²) in [4.78, 5) is 72.4. The standard InChI is InChI=1S/C68H132O17P2/c1-58(2)44-36-28-20-13-9-11-15-24-32-40-48-65(70)78-54-63(84-67(72)50-42-34-25-16-12-10-14-21-29-37-45-59(3)4)56-82-86(74,75)80-52-62(69)53-81-87(76,77)83-57-64(55-79-66(71)49-41-33-27-19-23-31-39-47-61(7)8)85-68(73)51-43-35-26-18-17-22-30-38-46-60(5)6/h58-64,69H,9-57H2,1-8H3,(H,74,75)(H,76,77)/t62?,63-,64-/m1/s1. The summed E-state index contributed by atoms with van der Waals surface area (Å²) in [5.74, 6) is 0.800. The van der Waals surface area contributed by atoms with E-state index < -0.39 is 97.5 Å². The maximum Gasteiger partial charge on any atom is 0.472 e. The normalized spacial score (nSPS) is 14.3. The molecule has 0 amide bonds. The molecule has 0 rings (SSSR count). The first-order valence-corrected chi connectivity index (χ1v) is 38.2. The van der Waals surface area contributed by atoms with E-state index in [2.05, 4.69) is 55.4 Å². The summed E-state index contributed by atoms with van der Waals surface area (Å²) in [5, 5.41) is 10.6. The highest BCUT2D eigenvalue weighted by molar-refractivity contribution is 7.47. The smallest absolute Gasteiger partial charge is 0.462 e. The number of esters is 4. The van der Waals surface area contributed by atoms with Crippen molar-refractivity contribution in [3.05, 3.63) is 0 Å². The molecule has 0 saturated carbocycles. The summed E-state index contributed by atoms with van der Waals surface area (Å²) in [6.45, 7) is 14.0. The molecule has 0 saturated heterocycles. The van der Waals surface area contributed by atoms with Gasteiger partial charge in [0.25, 0.3) is 0 Å². The molecule has 0 aliphatic carbocycles. The van der Waals surface area contributed by atoms with Crippen LogP contribution < -0.4 is 0 Å². The van der Waals surface area contributed by atoms with Crippen LogP contribution in [0.5, 0.6) is 0 Å². The van der Waals surface area contributed by atoms with Crippen molar-refractivity contribution in [3.63, 3.8) is 0 Å². The lowest BCUT2D eigenvalue weighted by atomic mass is 10.0. The quantitative estimate of drug-likeness (QED) is 0.0222. The third kappa shape index (κ3) is 62.6. The van der Waals surface area contributed by atoms with Crippen LogP contribution in [-0.4, -0.2) is 96.7 Å². The van der Waals surface area contributed by atoms with Crippen molar-refractivity contribution in [2.75, 3.05) is 39.6 Å². The Bertz CT molecular complexity index is 1730. The van der Waals surface area contributed by atoms with Crippen LogP contribution in [0, 0.1) is 23.7 Å². The molecule has 0 spiro atoms. The van der Waals surface area contributed by atoms with Crippen molar-refractivity contribution in [1.29, 1.82) is 0 Å². The summed E-state index contributed by atoms with van der Waals surface area (Å²) >= 11 is 0. The van der Waals surface area contributed by atoms with Crippen molar-refractivity contribution < 1.29 is 80.2 Å². The number of phosphoric ester groups is 2. The van der Waals surface area contributed by atoms with Gasteiger partial charge in [0.1, 0.15) is 19.3 Å². The van der Waals surface area contributed by atoms with Crippen molar-refractivity contribution in [1.82, 2.24) is 0 Å². The van der Waals surface area contributed by atoms with Crippen LogP contribution >= 0.6 is 15.6 Å². The van der Waals surface area contributed by atoms with Gasteiger partial charge in [-0.25, -0.2) is 9.13 Å². The van der Waals surface area contributed by atoms with Gasteiger partial charge in [0.2, 0.25) is 0 Å². The first-order valence-electron chi connectivity index (χ1n) is 35.2. The highest BCUT2D eigenvalue weighted by Gasteiger charge is 2.30. The van der Waals surface area contributed by atoms with Crippen LogP contribution in [0.2, 0.25) is 0 Å².